The Morgan fingerprint density at radius 1 is 1.12 bits per heavy atom. The molecule has 132 valence electrons. The van der Waals surface area contributed by atoms with Crippen LogP contribution in [0.4, 0.5) is 10.8 Å². The summed E-state index contributed by atoms with van der Waals surface area (Å²) in [4.78, 5) is 26.9. The number of thiazole rings is 1. The van der Waals surface area contributed by atoms with Crippen molar-refractivity contribution in [1.82, 2.24) is 4.98 Å². The number of amides is 1. The van der Waals surface area contributed by atoms with Gasteiger partial charge >= 0.3 is 0 Å². The molecule has 0 aliphatic rings. The van der Waals surface area contributed by atoms with Gasteiger partial charge in [-0.1, -0.05) is 34.8 Å². The minimum atomic E-state index is -0.650. The van der Waals surface area contributed by atoms with Gasteiger partial charge in [0, 0.05) is 27.6 Å². The van der Waals surface area contributed by atoms with Crippen LogP contribution in [0.15, 0.2) is 41.8 Å². The number of nitrogens with one attached hydrogen (secondary N) is 1. The maximum Gasteiger partial charge on any atom is 0.288 e. The van der Waals surface area contributed by atoms with E-state index in [1.54, 1.807) is 23.6 Å². The van der Waals surface area contributed by atoms with E-state index in [2.05, 4.69) is 10.3 Å². The average molecular weight is 429 g/mol. The van der Waals surface area contributed by atoms with Crippen molar-refractivity contribution in [2.24, 2.45) is 0 Å². The molecule has 6 nitrogen and oxygen atoms in total. The van der Waals surface area contributed by atoms with E-state index in [4.69, 9.17) is 34.8 Å². The number of carbonyl (C=O) groups excluding carboxylic acids is 1. The minimum Gasteiger partial charge on any atom is -0.298 e. The van der Waals surface area contributed by atoms with Gasteiger partial charge in [-0.25, -0.2) is 4.98 Å². The molecule has 2 aromatic carbocycles. The highest BCUT2D eigenvalue weighted by atomic mass is 35.5. The van der Waals surface area contributed by atoms with Gasteiger partial charge in [-0.15, -0.1) is 11.3 Å². The van der Waals surface area contributed by atoms with E-state index in [1.165, 1.54) is 23.5 Å². The Bertz CT molecular complexity index is 1020. The van der Waals surface area contributed by atoms with Gasteiger partial charge in [0.25, 0.3) is 11.6 Å². The molecule has 3 rings (SSSR count). The lowest BCUT2D eigenvalue weighted by Crippen LogP contribution is -2.12. The molecule has 0 unspecified atom stereocenters. The second-order valence-corrected chi connectivity index (χ2v) is 7.15. The number of aromatic nitrogens is 1. The third-order valence-corrected chi connectivity index (χ3v) is 4.96. The van der Waals surface area contributed by atoms with Crippen molar-refractivity contribution in [1.29, 1.82) is 0 Å². The molecule has 0 saturated heterocycles. The molecular weight excluding hydrogens is 421 g/mol. The normalized spacial score (nSPS) is 10.6. The zero-order valence-corrected chi connectivity index (χ0v) is 15.8. The number of benzene rings is 2. The molecule has 1 aromatic heterocycles. The summed E-state index contributed by atoms with van der Waals surface area (Å²) < 4.78 is 0. The van der Waals surface area contributed by atoms with Gasteiger partial charge in [0.15, 0.2) is 5.13 Å². The molecule has 1 amide bonds. The van der Waals surface area contributed by atoms with Gasteiger partial charge in [0.1, 0.15) is 5.02 Å². The van der Waals surface area contributed by atoms with E-state index in [0.29, 0.717) is 26.4 Å². The van der Waals surface area contributed by atoms with Crippen molar-refractivity contribution in [3.8, 4) is 11.3 Å². The van der Waals surface area contributed by atoms with E-state index >= 15 is 0 Å². The second-order valence-electron chi connectivity index (χ2n) is 5.04. The summed E-state index contributed by atoms with van der Waals surface area (Å²) in [6.45, 7) is 0. The Hall–Kier alpha value is -2.19. The summed E-state index contributed by atoms with van der Waals surface area (Å²) in [5, 5.41) is 16.5. The fourth-order valence-electron chi connectivity index (χ4n) is 2.12. The van der Waals surface area contributed by atoms with Crippen LogP contribution in [0.3, 0.4) is 0 Å². The lowest BCUT2D eigenvalue weighted by molar-refractivity contribution is -0.384. The maximum atomic E-state index is 12.3. The third kappa shape index (κ3) is 3.96. The Balaban J connectivity index is 1.82. The summed E-state index contributed by atoms with van der Waals surface area (Å²) in [7, 11) is 0. The van der Waals surface area contributed by atoms with Gasteiger partial charge in [0.2, 0.25) is 0 Å². The number of nitrogens with zero attached hydrogens (tertiary/aromatic N) is 2. The number of rotatable bonds is 4. The molecule has 26 heavy (non-hydrogen) atoms. The lowest BCUT2D eigenvalue weighted by atomic mass is 10.2. The van der Waals surface area contributed by atoms with Crippen LogP contribution in [-0.4, -0.2) is 15.8 Å². The molecule has 0 radical (unpaired) electrons. The van der Waals surface area contributed by atoms with E-state index in [0.717, 1.165) is 6.07 Å². The summed E-state index contributed by atoms with van der Waals surface area (Å²) in [6, 6.07) is 8.83. The van der Waals surface area contributed by atoms with Crippen LogP contribution in [-0.2, 0) is 0 Å². The standard InChI is InChI=1S/C16H8Cl3N3O3S/c17-9-2-3-10(12(19)6-9)13-7-26-16(20-13)21-15(23)8-1-4-11(18)14(5-8)22(24)25/h1-7H,(H,20,21,23). The first-order valence-corrected chi connectivity index (χ1v) is 9.03. The van der Waals surface area contributed by atoms with Crippen LogP contribution in [0.2, 0.25) is 15.1 Å². The minimum absolute atomic E-state index is 0.0412. The van der Waals surface area contributed by atoms with Gasteiger partial charge in [-0.3, -0.25) is 20.2 Å². The molecule has 0 bridgehead atoms. The van der Waals surface area contributed by atoms with E-state index < -0.39 is 10.8 Å². The molecule has 0 saturated carbocycles. The monoisotopic (exact) mass is 427 g/mol. The third-order valence-electron chi connectivity index (χ3n) is 3.34. The van der Waals surface area contributed by atoms with Gasteiger partial charge in [0.05, 0.1) is 15.6 Å². The quantitative estimate of drug-likeness (QED) is 0.412. The van der Waals surface area contributed by atoms with Crippen molar-refractivity contribution >= 4 is 62.9 Å². The molecule has 1 heterocycles. The van der Waals surface area contributed by atoms with Crippen molar-refractivity contribution in [2.75, 3.05) is 5.32 Å². The van der Waals surface area contributed by atoms with Crippen LogP contribution in [0, 0.1) is 10.1 Å². The lowest BCUT2D eigenvalue weighted by Gasteiger charge is -2.03. The predicted molar refractivity (Wildman–Crippen MR) is 104 cm³/mol. The number of hydrogen-bond donors (Lipinski definition) is 1. The number of hydrogen-bond acceptors (Lipinski definition) is 5. The summed E-state index contributed by atoms with van der Waals surface area (Å²) in [5.74, 6) is -0.534. The largest absolute Gasteiger partial charge is 0.298 e. The average Bonchev–Trinajstić information content (AvgIpc) is 3.03. The first-order valence-electron chi connectivity index (χ1n) is 7.01. The zero-order chi connectivity index (χ0) is 18.8. The molecule has 0 atom stereocenters. The van der Waals surface area contributed by atoms with E-state index in [9.17, 15) is 14.9 Å². The number of nitro groups is 1. The number of nitro benzene ring substituents is 1. The fourth-order valence-corrected chi connectivity index (χ4v) is 3.51. The zero-order valence-electron chi connectivity index (χ0n) is 12.7. The molecular formula is C16H8Cl3N3O3S. The number of carbonyl (C=O) groups is 1. The van der Waals surface area contributed by atoms with Crippen molar-refractivity contribution in [3.63, 3.8) is 0 Å². The van der Waals surface area contributed by atoms with Gasteiger partial charge in [-0.2, -0.15) is 0 Å². The molecule has 3 aromatic rings. The Morgan fingerprint density at radius 3 is 2.58 bits per heavy atom. The van der Waals surface area contributed by atoms with Crippen molar-refractivity contribution < 1.29 is 9.72 Å². The predicted octanol–water partition coefficient (Wildman–Crippen LogP) is 5.93. The Morgan fingerprint density at radius 2 is 1.88 bits per heavy atom. The van der Waals surface area contributed by atoms with Crippen LogP contribution in [0.1, 0.15) is 10.4 Å². The second kappa shape index (κ2) is 7.59. The Labute approximate surface area is 166 Å². The van der Waals surface area contributed by atoms with E-state index in [-0.39, 0.29) is 16.3 Å². The molecule has 1 N–H and O–H groups in total. The SMILES string of the molecule is O=C(Nc1nc(-c2ccc(Cl)cc2Cl)cs1)c1ccc(Cl)c([N+](=O)[O-])c1. The molecule has 10 heteroatoms. The van der Waals surface area contributed by atoms with Crippen LogP contribution in [0.5, 0.6) is 0 Å². The van der Waals surface area contributed by atoms with Crippen LogP contribution in [0.25, 0.3) is 11.3 Å². The smallest absolute Gasteiger partial charge is 0.288 e. The number of anilines is 1. The molecule has 0 spiro atoms. The topological polar surface area (TPSA) is 85.1 Å². The first-order chi connectivity index (χ1) is 12.3. The highest BCUT2D eigenvalue weighted by Crippen LogP contribution is 2.32. The molecule has 0 aliphatic heterocycles. The van der Waals surface area contributed by atoms with Crippen molar-refractivity contribution in [2.45, 2.75) is 0 Å². The molecule has 0 fully saturated rings. The highest BCUT2D eigenvalue weighted by molar-refractivity contribution is 7.14. The van der Waals surface area contributed by atoms with Crippen LogP contribution < -0.4 is 5.32 Å². The summed E-state index contributed by atoms with van der Waals surface area (Å²) in [6.07, 6.45) is 0. The first kappa shape index (κ1) is 18.6. The van der Waals surface area contributed by atoms with Crippen LogP contribution >= 0.6 is 46.1 Å². The van der Waals surface area contributed by atoms with Crippen molar-refractivity contribution in [3.05, 3.63) is 72.5 Å². The highest BCUT2D eigenvalue weighted by Gasteiger charge is 2.17. The maximum absolute atomic E-state index is 12.3. The number of halogens is 3. The summed E-state index contributed by atoms with van der Waals surface area (Å²) in [5.41, 5.74) is 1.01. The summed E-state index contributed by atoms with van der Waals surface area (Å²) >= 11 is 19.0. The van der Waals surface area contributed by atoms with E-state index in [1.807, 2.05) is 0 Å². The Kier molecular flexibility index (Phi) is 5.43. The fraction of sp³-hybridized carbons (Fsp3) is 0. The van der Waals surface area contributed by atoms with Gasteiger partial charge < -0.3 is 0 Å². The van der Waals surface area contributed by atoms with Gasteiger partial charge in [-0.05, 0) is 30.3 Å². The molecule has 0 aliphatic carbocycles.